The standard InChI is InChI=1S/C16H25BrN2O/c1-16(2,3)15-10-18-7-8-19(15)11-12-9-13(17)5-6-14(12)20-4/h5-6,9,15,18H,7-8,10-11H2,1-4H3. The van der Waals surface area contributed by atoms with Gasteiger partial charge in [0.25, 0.3) is 0 Å². The monoisotopic (exact) mass is 340 g/mol. The molecule has 0 radical (unpaired) electrons. The molecule has 1 aliphatic heterocycles. The van der Waals surface area contributed by atoms with Gasteiger partial charge in [0.05, 0.1) is 7.11 Å². The first-order chi connectivity index (χ1) is 9.41. The third-order valence-electron chi connectivity index (χ3n) is 3.97. The number of hydrogen-bond acceptors (Lipinski definition) is 3. The highest BCUT2D eigenvalue weighted by atomic mass is 79.9. The first kappa shape index (κ1) is 15.8. The van der Waals surface area contributed by atoms with Crippen LogP contribution in [-0.4, -0.2) is 37.7 Å². The van der Waals surface area contributed by atoms with Crippen molar-refractivity contribution in [2.45, 2.75) is 33.4 Å². The predicted octanol–water partition coefficient (Wildman–Crippen LogP) is 3.28. The maximum atomic E-state index is 5.50. The molecule has 1 aromatic rings. The van der Waals surface area contributed by atoms with Crippen LogP contribution in [0.1, 0.15) is 26.3 Å². The molecule has 2 rings (SSSR count). The van der Waals surface area contributed by atoms with Crippen LogP contribution in [0.15, 0.2) is 22.7 Å². The van der Waals surface area contributed by atoms with Gasteiger partial charge < -0.3 is 10.1 Å². The van der Waals surface area contributed by atoms with E-state index in [-0.39, 0.29) is 5.41 Å². The Morgan fingerprint density at radius 2 is 2.15 bits per heavy atom. The van der Waals surface area contributed by atoms with Crippen molar-refractivity contribution < 1.29 is 4.74 Å². The molecule has 1 unspecified atom stereocenters. The van der Waals surface area contributed by atoms with Gasteiger partial charge in [0.15, 0.2) is 0 Å². The van der Waals surface area contributed by atoms with Gasteiger partial charge in [-0.05, 0) is 23.6 Å². The van der Waals surface area contributed by atoms with Crippen LogP contribution in [0.2, 0.25) is 0 Å². The van der Waals surface area contributed by atoms with Crippen LogP contribution in [0.5, 0.6) is 5.75 Å². The number of halogens is 1. The van der Waals surface area contributed by atoms with Crippen molar-refractivity contribution in [1.82, 2.24) is 10.2 Å². The first-order valence-corrected chi connectivity index (χ1v) is 7.98. The molecule has 20 heavy (non-hydrogen) atoms. The molecule has 112 valence electrons. The highest BCUT2D eigenvalue weighted by molar-refractivity contribution is 9.10. The van der Waals surface area contributed by atoms with Crippen molar-refractivity contribution in [2.75, 3.05) is 26.7 Å². The predicted molar refractivity (Wildman–Crippen MR) is 87.2 cm³/mol. The summed E-state index contributed by atoms with van der Waals surface area (Å²) in [5.74, 6) is 0.972. The van der Waals surface area contributed by atoms with Gasteiger partial charge in [-0.25, -0.2) is 0 Å². The number of piperazine rings is 1. The van der Waals surface area contributed by atoms with Crippen LogP contribution >= 0.6 is 15.9 Å². The summed E-state index contributed by atoms with van der Waals surface area (Å²) in [5, 5.41) is 3.51. The highest BCUT2D eigenvalue weighted by Gasteiger charge is 2.32. The summed E-state index contributed by atoms with van der Waals surface area (Å²) in [7, 11) is 1.74. The molecular weight excluding hydrogens is 316 g/mol. The first-order valence-electron chi connectivity index (χ1n) is 7.19. The summed E-state index contributed by atoms with van der Waals surface area (Å²) in [5.41, 5.74) is 1.52. The molecule has 1 saturated heterocycles. The molecule has 1 heterocycles. The smallest absolute Gasteiger partial charge is 0.123 e. The summed E-state index contributed by atoms with van der Waals surface area (Å²) in [6, 6.07) is 6.77. The second-order valence-electron chi connectivity index (χ2n) is 6.51. The summed E-state index contributed by atoms with van der Waals surface area (Å²) in [4.78, 5) is 2.57. The maximum Gasteiger partial charge on any atom is 0.123 e. The van der Waals surface area contributed by atoms with Crippen molar-refractivity contribution in [1.29, 1.82) is 0 Å². The van der Waals surface area contributed by atoms with E-state index >= 15 is 0 Å². The summed E-state index contributed by atoms with van der Waals surface area (Å²) in [6.07, 6.45) is 0. The van der Waals surface area contributed by atoms with E-state index in [1.54, 1.807) is 7.11 Å². The quantitative estimate of drug-likeness (QED) is 0.913. The van der Waals surface area contributed by atoms with Crippen molar-refractivity contribution in [2.24, 2.45) is 5.41 Å². The van der Waals surface area contributed by atoms with E-state index in [1.807, 2.05) is 12.1 Å². The van der Waals surface area contributed by atoms with Crippen LogP contribution < -0.4 is 10.1 Å². The topological polar surface area (TPSA) is 24.5 Å². The normalized spacial score (nSPS) is 20.9. The molecule has 1 aromatic carbocycles. The molecule has 0 aliphatic carbocycles. The lowest BCUT2D eigenvalue weighted by atomic mass is 9.84. The van der Waals surface area contributed by atoms with Gasteiger partial charge in [-0.1, -0.05) is 36.7 Å². The molecule has 3 nitrogen and oxygen atoms in total. The summed E-state index contributed by atoms with van der Waals surface area (Å²) < 4.78 is 6.61. The van der Waals surface area contributed by atoms with E-state index in [2.05, 4.69) is 53.0 Å². The van der Waals surface area contributed by atoms with Gasteiger partial charge in [0.1, 0.15) is 5.75 Å². The fourth-order valence-electron chi connectivity index (χ4n) is 2.88. The molecule has 1 N–H and O–H groups in total. The Morgan fingerprint density at radius 1 is 1.40 bits per heavy atom. The molecule has 1 atom stereocenters. The van der Waals surface area contributed by atoms with Crippen LogP contribution in [0.25, 0.3) is 0 Å². The van der Waals surface area contributed by atoms with Crippen LogP contribution in [0.4, 0.5) is 0 Å². The van der Waals surface area contributed by atoms with Gasteiger partial charge >= 0.3 is 0 Å². The van der Waals surface area contributed by atoms with E-state index in [0.717, 1.165) is 36.4 Å². The number of nitrogens with one attached hydrogen (secondary N) is 1. The third-order valence-corrected chi connectivity index (χ3v) is 4.46. The highest BCUT2D eigenvalue weighted by Crippen LogP contribution is 2.30. The Labute approximate surface area is 130 Å². The Hall–Kier alpha value is -0.580. The zero-order valence-electron chi connectivity index (χ0n) is 12.9. The van der Waals surface area contributed by atoms with E-state index in [4.69, 9.17) is 4.74 Å². The van der Waals surface area contributed by atoms with Crippen molar-refractivity contribution in [3.63, 3.8) is 0 Å². The molecule has 0 bridgehead atoms. The third kappa shape index (κ3) is 3.74. The summed E-state index contributed by atoms with van der Waals surface area (Å²) >= 11 is 3.56. The van der Waals surface area contributed by atoms with Crippen molar-refractivity contribution in [3.8, 4) is 5.75 Å². The minimum Gasteiger partial charge on any atom is -0.496 e. The zero-order valence-corrected chi connectivity index (χ0v) is 14.5. The number of methoxy groups -OCH3 is 1. The molecule has 0 aromatic heterocycles. The lowest BCUT2D eigenvalue weighted by Crippen LogP contribution is -2.56. The number of hydrogen-bond donors (Lipinski definition) is 1. The number of ether oxygens (including phenoxy) is 1. The lowest BCUT2D eigenvalue weighted by Gasteiger charge is -2.43. The molecule has 1 aliphatic rings. The van der Waals surface area contributed by atoms with E-state index in [1.165, 1.54) is 5.56 Å². The van der Waals surface area contributed by atoms with E-state index in [0.29, 0.717) is 6.04 Å². The molecule has 0 amide bonds. The Kier molecular flexibility index (Phi) is 5.10. The minimum atomic E-state index is 0.271. The average Bonchev–Trinajstić information content (AvgIpc) is 2.38. The Balaban J connectivity index is 2.20. The molecule has 0 spiro atoms. The fraction of sp³-hybridized carbons (Fsp3) is 0.625. The number of nitrogens with zero attached hydrogens (tertiary/aromatic N) is 1. The SMILES string of the molecule is COc1ccc(Br)cc1CN1CCNCC1C(C)(C)C. The Bertz CT molecular complexity index is 456. The van der Waals surface area contributed by atoms with Gasteiger partial charge in [-0.15, -0.1) is 0 Å². The van der Waals surface area contributed by atoms with Gasteiger partial charge in [-0.3, -0.25) is 4.90 Å². The molecular formula is C16H25BrN2O. The van der Waals surface area contributed by atoms with E-state index < -0.39 is 0 Å². The average molecular weight is 341 g/mol. The molecule has 0 saturated carbocycles. The van der Waals surface area contributed by atoms with Gasteiger partial charge in [0.2, 0.25) is 0 Å². The second kappa shape index (κ2) is 6.46. The minimum absolute atomic E-state index is 0.271. The van der Waals surface area contributed by atoms with Crippen LogP contribution in [0, 0.1) is 5.41 Å². The second-order valence-corrected chi connectivity index (χ2v) is 7.43. The number of benzene rings is 1. The fourth-order valence-corrected chi connectivity index (χ4v) is 3.29. The largest absolute Gasteiger partial charge is 0.496 e. The van der Waals surface area contributed by atoms with Crippen LogP contribution in [-0.2, 0) is 6.54 Å². The van der Waals surface area contributed by atoms with E-state index in [9.17, 15) is 0 Å². The summed E-state index contributed by atoms with van der Waals surface area (Å²) in [6.45, 7) is 11.1. The maximum absolute atomic E-state index is 5.50. The van der Waals surface area contributed by atoms with Crippen LogP contribution in [0.3, 0.4) is 0 Å². The zero-order chi connectivity index (χ0) is 14.8. The molecule has 1 fully saturated rings. The van der Waals surface area contributed by atoms with Crippen molar-refractivity contribution >= 4 is 15.9 Å². The van der Waals surface area contributed by atoms with Gasteiger partial charge in [-0.2, -0.15) is 0 Å². The number of rotatable bonds is 3. The van der Waals surface area contributed by atoms with Gasteiger partial charge in [0, 0.05) is 42.3 Å². The molecule has 4 heteroatoms. The lowest BCUT2D eigenvalue weighted by molar-refractivity contribution is 0.0682. The van der Waals surface area contributed by atoms with Crippen molar-refractivity contribution in [3.05, 3.63) is 28.2 Å². The Morgan fingerprint density at radius 3 is 2.80 bits per heavy atom.